The maximum absolute atomic E-state index is 6.54. The number of ether oxygens (including phenoxy) is 1. The Morgan fingerprint density at radius 1 is 0.658 bits per heavy atom. The fraction of sp³-hybridized carbons (Fsp3) is 0.389. The summed E-state index contributed by atoms with van der Waals surface area (Å²) in [5, 5.41) is 2.69. The second kappa shape index (κ2) is 12.3. The van der Waals surface area contributed by atoms with Crippen LogP contribution in [0.5, 0.6) is 5.75 Å². The van der Waals surface area contributed by atoms with Crippen molar-refractivity contribution < 1.29 is 4.74 Å². The van der Waals surface area contributed by atoms with Crippen LogP contribution < -0.4 is 8.32 Å². The van der Waals surface area contributed by atoms with E-state index in [2.05, 4.69) is 99.6 Å². The number of rotatable bonds is 12. The van der Waals surface area contributed by atoms with Crippen LogP contribution in [0.15, 0.2) is 78.9 Å². The summed E-state index contributed by atoms with van der Waals surface area (Å²) in [6, 6.07) is 29.6. The Bertz CT molecular complexity index is 1350. The molecule has 0 aromatic heterocycles. The molecule has 1 aliphatic rings. The molecule has 2 heteroatoms. The fourth-order valence-corrected chi connectivity index (χ4v) is 24.6. The molecule has 38 heavy (non-hydrogen) atoms. The van der Waals surface area contributed by atoms with E-state index >= 15 is 0 Å². The predicted octanol–water partition coefficient (Wildman–Crippen LogP) is 10.1. The first-order chi connectivity index (χ1) is 18.7. The molecule has 0 saturated carbocycles. The first kappa shape index (κ1) is 27.3. The molecule has 1 atom stereocenters. The standard InChI is InChI=1S/C24H17O.3C4H9.Sn/c1-25-22-15-21-17-11-5-7-13-19(17)23(16-9-3-2-4-10-16)24(21)20-14-8-6-12-18(20)22;3*1-3-4-2;/h2-14,23H,1H3;3*1,3-4H2,2H3;. The van der Waals surface area contributed by atoms with Crippen molar-refractivity contribution >= 4 is 32.7 Å². The minimum atomic E-state index is -2.93. The van der Waals surface area contributed by atoms with Gasteiger partial charge < -0.3 is 0 Å². The van der Waals surface area contributed by atoms with E-state index in [1.54, 1.807) is 9.14 Å². The van der Waals surface area contributed by atoms with Crippen molar-refractivity contribution in [1.82, 2.24) is 0 Å². The van der Waals surface area contributed by atoms with E-state index in [1.165, 1.54) is 90.6 Å². The topological polar surface area (TPSA) is 9.23 Å². The van der Waals surface area contributed by atoms with Gasteiger partial charge in [0.2, 0.25) is 0 Å². The zero-order chi connectivity index (χ0) is 26.5. The van der Waals surface area contributed by atoms with Crippen LogP contribution in [0.3, 0.4) is 0 Å². The average Bonchev–Trinajstić information content (AvgIpc) is 3.32. The zero-order valence-corrected chi connectivity index (χ0v) is 26.7. The summed E-state index contributed by atoms with van der Waals surface area (Å²) >= 11 is -2.93. The quantitative estimate of drug-likeness (QED) is 0.128. The van der Waals surface area contributed by atoms with Crippen molar-refractivity contribution in [3.05, 3.63) is 95.6 Å². The molecule has 1 nitrogen and oxygen atoms in total. The van der Waals surface area contributed by atoms with Crippen molar-refractivity contribution in [2.45, 2.75) is 78.5 Å². The van der Waals surface area contributed by atoms with E-state index in [9.17, 15) is 0 Å². The van der Waals surface area contributed by atoms with Gasteiger partial charge >= 0.3 is 236 Å². The molecular weight excluding hydrogens is 567 g/mol. The Morgan fingerprint density at radius 2 is 1.21 bits per heavy atom. The van der Waals surface area contributed by atoms with Gasteiger partial charge in [-0.25, -0.2) is 0 Å². The van der Waals surface area contributed by atoms with Gasteiger partial charge in [-0.05, 0) is 0 Å². The molecule has 0 bridgehead atoms. The van der Waals surface area contributed by atoms with Crippen molar-refractivity contribution in [1.29, 1.82) is 0 Å². The summed E-state index contributed by atoms with van der Waals surface area (Å²) in [6.07, 6.45) is 7.86. The third-order valence-corrected chi connectivity index (χ3v) is 24.5. The molecule has 1 aliphatic carbocycles. The summed E-state index contributed by atoms with van der Waals surface area (Å²) in [5.74, 6) is 1.48. The van der Waals surface area contributed by atoms with Gasteiger partial charge in [-0.2, -0.15) is 0 Å². The summed E-state index contributed by atoms with van der Waals surface area (Å²) in [7, 11) is 1.93. The van der Waals surface area contributed by atoms with Crippen molar-refractivity contribution in [2.24, 2.45) is 0 Å². The van der Waals surface area contributed by atoms with Crippen LogP contribution >= 0.6 is 0 Å². The summed E-state index contributed by atoms with van der Waals surface area (Å²) in [4.78, 5) is 0. The van der Waals surface area contributed by atoms with Crippen LogP contribution in [0, 0.1) is 0 Å². The molecule has 5 rings (SSSR count). The van der Waals surface area contributed by atoms with Crippen molar-refractivity contribution in [3.63, 3.8) is 0 Å². The number of hydrogen-bond donors (Lipinski definition) is 0. The van der Waals surface area contributed by atoms with Gasteiger partial charge in [0.25, 0.3) is 0 Å². The van der Waals surface area contributed by atoms with E-state index in [-0.39, 0.29) is 5.92 Å². The molecule has 198 valence electrons. The molecule has 1 unspecified atom stereocenters. The van der Waals surface area contributed by atoms with Crippen LogP contribution in [0.1, 0.15) is 81.9 Å². The molecule has 0 radical (unpaired) electrons. The van der Waals surface area contributed by atoms with Gasteiger partial charge in [-0.15, -0.1) is 0 Å². The molecule has 0 saturated heterocycles. The number of fused-ring (bicyclic) bond motifs is 5. The SMILES string of the molecule is CCC[CH2][Sn]([CH2]CCC)([CH2]CCC)[c]1c2c(c3ccccc3c1OC)C(c1ccccc1)c1ccccc1-2. The fourth-order valence-electron chi connectivity index (χ4n) is 7.15. The second-order valence-electron chi connectivity index (χ2n) is 11.3. The van der Waals surface area contributed by atoms with E-state index < -0.39 is 18.4 Å². The summed E-state index contributed by atoms with van der Waals surface area (Å²) < 4.78 is 12.5. The van der Waals surface area contributed by atoms with Gasteiger partial charge in [0, 0.05) is 0 Å². The Kier molecular flexibility index (Phi) is 8.83. The van der Waals surface area contributed by atoms with Crippen LogP contribution in [0.4, 0.5) is 0 Å². The third kappa shape index (κ3) is 4.81. The molecule has 4 aromatic carbocycles. The maximum atomic E-state index is 6.54. The van der Waals surface area contributed by atoms with Gasteiger partial charge in [0.05, 0.1) is 0 Å². The molecule has 4 aromatic rings. The Labute approximate surface area is 234 Å². The van der Waals surface area contributed by atoms with Crippen LogP contribution in [0.25, 0.3) is 21.9 Å². The number of benzene rings is 4. The molecule has 0 fully saturated rings. The first-order valence-corrected chi connectivity index (χ1v) is 22.5. The summed E-state index contributed by atoms with van der Waals surface area (Å²) in [5.41, 5.74) is 7.42. The van der Waals surface area contributed by atoms with E-state index in [0.717, 1.165) is 0 Å². The third-order valence-electron chi connectivity index (χ3n) is 8.93. The molecule has 0 heterocycles. The first-order valence-electron chi connectivity index (χ1n) is 15.0. The normalized spacial score (nSPS) is 14.5. The van der Waals surface area contributed by atoms with Gasteiger partial charge in [0.15, 0.2) is 0 Å². The monoisotopic (exact) mass is 612 g/mol. The molecule has 0 aliphatic heterocycles. The number of methoxy groups -OCH3 is 1. The van der Waals surface area contributed by atoms with Crippen LogP contribution in [-0.2, 0) is 0 Å². The number of unbranched alkanes of at least 4 members (excludes halogenated alkanes) is 3. The van der Waals surface area contributed by atoms with Crippen molar-refractivity contribution in [2.75, 3.05) is 7.11 Å². The van der Waals surface area contributed by atoms with Crippen molar-refractivity contribution in [3.8, 4) is 16.9 Å². The Hall–Kier alpha value is -2.26. The van der Waals surface area contributed by atoms with E-state index in [0.29, 0.717) is 0 Å². The van der Waals surface area contributed by atoms with Gasteiger partial charge in [0.1, 0.15) is 0 Å². The van der Waals surface area contributed by atoms with E-state index in [4.69, 9.17) is 4.74 Å². The molecular formula is C36H44OSn. The van der Waals surface area contributed by atoms with Crippen LogP contribution in [-0.4, -0.2) is 25.5 Å². The molecule has 0 N–H and O–H groups in total. The van der Waals surface area contributed by atoms with Crippen LogP contribution in [0.2, 0.25) is 13.3 Å². The van der Waals surface area contributed by atoms with Gasteiger partial charge in [-0.3, -0.25) is 0 Å². The van der Waals surface area contributed by atoms with Gasteiger partial charge in [-0.1, -0.05) is 0 Å². The Balaban J connectivity index is 1.93. The predicted molar refractivity (Wildman–Crippen MR) is 168 cm³/mol. The second-order valence-corrected chi connectivity index (χ2v) is 24.3. The number of hydrogen-bond acceptors (Lipinski definition) is 1. The summed E-state index contributed by atoms with van der Waals surface area (Å²) in [6.45, 7) is 7.12. The minimum absolute atomic E-state index is 0.268. The average molecular weight is 611 g/mol. The Morgan fingerprint density at radius 3 is 1.82 bits per heavy atom. The van der Waals surface area contributed by atoms with E-state index in [1.807, 2.05) is 7.11 Å². The zero-order valence-electron chi connectivity index (χ0n) is 23.9. The molecule has 0 amide bonds. The molecule has 0 spiro atoms.